The van der Waals surface area contributed by atoms with Crippen LogP contribution in [-0.4, -0.2) is 39.5 Å². The molecule has 3 N–H and O–H groups in total. The van der Waals surface area contributed by atoms with E-state index in [-0.39, 0.29) is 17.9 Å². The Morgan fingerprint density at radius 1 is 1.27 bits per heavy atom. The second-order valence-corrected chi connectivity index (χ2v) is 7.06. The van der Waals surface area contributed by atoms with E-state index in [9.17, 15) is 9.59 Å². The van der Waals surface area contributed by atoms with E-state index in [0.717, 1.165) is 28.9 Å². The molecular formula is C19H25N5O2. The zero-order valence-electron chi connectivity index (χ0n) is 15.6. The van der Waals surface area contributed by atoms with Gasteiger partial charge in [-0.15, -0.1) is 0 Å². The summed E-state index contributed by atoms with van der Waals surface area (Å²) in [6.07, 6.45) is 0.763. The van der Waals surface area contributed by atoms with Gasteiger partial charge in [-0.2, -0.15) is 5.10 Å². The van der Waals surface area contributed by atoms with E-state index < -0.39 is 0 Å². The van der Waals surface area contributed by atoms with Crippen molar-refractivity contribution >= 4 is 23.3 Å². The standard InChI is InChI=1S/C19H25N5O2/c1-11(2)20-19(26)14-7-12(3)8-15(9-14)21-18-16-10-24(13(4)25)6-5-17(16)22-23-18/h7-9,11H,5-6,10H2,1-4H3,(H,20,26)(H2,21,22,23). The zero-order valence-corrected chi connectivity index (χ0v) is 15.6. The highest BCUT2D eigenvalue weighted by Gasteiger charge is 2.23. The Labute approximate surface area is 153 Å². The number of hydrogen-bond donors (Lipinski definition) is 3. The van der Waals surface area contributed by atoms with E-state index in [1.54, 1.807) is 11.8 Å². The van der Waals surface area contributed by atoms with Crippen LogP contribution in [0.2, 0.25) is 0 Å². The van der Waals surface area contributed by atoms with E-state index in [4.69, 9.17) is 0 Å². The molecule has 1 aromatic heterocycles. The minimum Gasteiger partial charge on any atom is -0.350 e. The first-order valence-corrected chi connectivity index (χ1v) is 8.84. The predicted octanol–water partition coefficient (Wildman–Crippen LogP) is 2.50. The molecule has 1 aromatic carbocycles. The zero-order chi connectivity index (χ0) is 18.8. The fraction of sp³-hybridized carbons (Fsp3) is 0.421. The van der Waals surface area contributed by atoms with E-state index >= 15 is 0 Å². The van der Waals surface area contributed by atoms with Crippen molar-refractivity contribution in [2.24, 2.45) is 0 Å². The molecule has 26 heavy (non-hydrogen) atoms. The maximum absolute atomic E-state index is 12.3. The van der Waals surface area contributed by atoms with E-state index in [1.165, 1.54) is 0 Å². The molecule has 0 aliphatic carbocycles. The van der Waals surface area contributed by atoms with Gasteiger partial charge in [0.15, 0.2) is 5.82 Å². The van der Waals surface area contributed by atoms with Crippen molar-refractivity contribution in [3.63, 3.8) is 0 Å². The van der Waals surface area contributed by atoms with Crippen LogP contribution in [0.4, 0.5) is 11.5 Å². The number of benzene rings is 1. The normalized spacial score (nSPS) is 13.5. The molecule has 2 amide bonds. The van der Waals surface area contributed by atoms with Gasteiger partial charge >= 0.3 is 0 Å². The lowest BCUT2D eigenvalue weighted by molar-refractivity contribution is -0.129. The van der Waals surface area contributed by atoms with Gasteiger partial charge in [-0.05, 0) is 44.5 Å². The summed E-state index contributed by atoms with van der Waals surface area (Å²) in [4.78, 5) is 25.8. The van der Waals surface area contributed by atoms with Crippen molar-refractivity contribution in [2.75, 3.05) is 11.9 Å². The molecule has 0 bridgehead atoms. The molecule has 1 aliphatic heterocycles. The first-order chi connectivity index (χ1) is 12.3. The van der Waals surface area contributed by atoms with Gasteiger partial charge in [-0.3, -0.25) is 14.7 Å². The first-order valence-electron chi connectivity index (χ1n) is 8.84. The number of aromatic amines is 1. The lowest BCUT2D eigenvalue weighted by atomic mass is 10.1. The molecule has 2 heterocycles. The molecule has 138 valence electrons. The molecule has 0 saturated heterocycles. The number of fused-ring (bicyclic) bond motifs is 1. The summed E-state index contributed by atoms with van der Waals surface area (Å²) in [7, 11) is 0. The van der Waals surface area contributed by atoms with Gasteiger partial charge in [0.1, 0.15) is 0 Å². The molecule has 0 fully saturated rings. The first kappa shape index (κ1) is 18.0. The Balaban J connectivity index is 1.84. The average Bonchev–Trinajstić information content (AvgIpc) is 2.96. The number of aryl methyl sites for hydroxylation is 1. The maximum atomic E-state index is 12.3. The number of rotatable bonds is 4. The van der Waals surface area contributed by atoms with Gasteiger partial charge in [0.05, 0.1) is 6.54 Å². The Morgan fingerprint density at radius 3 is 2.73 bits per heavy atom. The van der Waals surface area contributed by atoms with Crippen LogP contribution in [0, 0.1) is 6.92 Å². The van der Waals surface area contributed by atoms with Crippen molar-refractivity contribution in [2.45, 2.75) is 46.7 Å². The van der Waals surface area contributed by atoms with E-state index in [1.807, 2.05) is 39.0 Å². The Kier molecular flexibility index (Phi) is 4.97. The molecule has 7 nitrogen and oxygen atoms in total. The number of nitrogens with zero attached hydrogens (tertiary/aromatic N) is 2. The van der Waals surface area contributed by atoms with Crippen molar-refractivity contribution < 1.29 is 9.59 Å². The number of carbonyl (C=O) groups excluding carboxylic acids is 2. The van der Waals surface area contributed by atoms with Crippen LogP contribution in [0.5, 0.6) is 0 Å². The third kappa shape index (κ3) is 3.87. The molecule has 2 aromatic rings. The quantitative estimate of drug-likeness (QED) is 0.786. The fourth-order valence-electron chi connectivity index (χ4n) is 3.14. The Bertz CT molecular complexity index is 840. The molecule has 0 atom stereocenters. The van der Waals surface area contributed by atoms with Gasteiger partial charge in [0, 0.05) is 48.4 Å². The minimum atomic E-state index is -0.0986. The summed E-state index contributed by atoms with van der Waals surface area (Å²) in [6.45, 7) is 8.64. The average molecular weight is 355 g/mol. The third-order valence-electron chi connectivity index (χ3n) is 4.40. The molecule has 7 heteroatoms. The van der Waals surface area contributed by atoms with E-state index in [2.05, 4.69) is 20.8 Å². The van der Waals surface area contributed by atoms with Crippen molar-refractivity contribution in [3.05, 3.63) is 40.6 Å². The molecular weight excluding hydrogens is 330 g/mol. The van der Waals surface area contributed by atoms with Crippen LogP contribution in [0.25, 0.3) is 0 Å². The smallest absolute Gasteiger partial charge is 0.251 e. The third-order valence-corrected chi connectivity index (χ3v) is 4.40. The summed E-state index contributed by atoms with van der Waals surface area (Å²) in [5.74, 6) is 0.663. The largest absolute Gasteiger partial charge is 0.350 e. The highest BCUT2D eigenvalue weighted by Crippen LogP contribution is 2.27. The predicted molar refractivity (Wildman–Crippen MR) is 100 cm³/mol. The SMILES string of the molecule is CC(=O)N1CCc2[nH]nc(Nc3cc(C)cc(C(=O)NC(C)C)c3)c2C1. The number of aromatic nitrogens is 2. The second kappa shape index (κ2) is 7.19. The maximum Gasteiger partial charge on any atom is 0.251 e. The fourth-order valence-corrected chi connectivity index (χ4v) is 3.14. The van der Waals surface area contributed by atoms with Crippen LogP contribution in [0.3, 0.4) is 0 Å². The van der Waals surface area contributed by atoms with Crippen LogP contribution in [-0.2, 0) is 17.8 Å². The number of nitrogens with one attached hydrogen (secondary N) is 3. The van der Waals surface area contributed by atoms with Crippen LogP contribution in [0.15, 0.2) is 18.2 Å². The highest BCUT2D eigenvalue weighted by atomic mass is 16.2. The summed E-state index contributed by atoms with van der Waals surface area (Å²) in [5.41, 5.74) is 4.44. The minimum absolute atomic E-state index is 0.0611. The molecule has 0 saturated carbocycles. The lowest BCUT2D eigenvalue weighted by Gasteiger charge is -2.26. The monoisotopic (exact) mass is 355 g/mol. The molecule has 3 rings (SSSR count). The number of amides is 2. The number of H-pyrrole nitrogens is 1. The van der Waals surface area contributed by atoms with Crippen LogP contribution < -0.4 is 10.6 Å². The van der Waals surface area contributed by atoms with Crippen molar-refractivity contribution in [1.82, 2.24) is 20.4 Å². The molecule has 1 aliphatic rings. The van der Waals surface area contributed by atoms with Gasteiger partial charge in [0.2, 0.25) is 5.91 Å². The van der Waals surface area contributed by atoms with Gasteiger partial charge in [0.25, 0.3) is 5.91 Å². The van der Waals surface area contributed by atoms with Crippen LogP contribution >= 0.6 is 0 Å². The lowest BCUT2D eigenvalue weighted by Crippen LogP contribution is -2.34. The number of carbonyl (C=O) groups is 2. The number of anilines is 2. The summed E-state index contributed by atoms with van der Waals surface area (Å²) in [5, 5.41) is 13.6. The summed E-state index contributed by atoms with van der Waals surface area (Å²) >= 11 is 0. The Hall–Kier alpha value is -2.83. The van der Waals surface area contributed by atoms with Crippen molar-refractivity contribution in [1.29, 1.82) is 0 Å². The molecule has 0 unspecified atom stereocenters. The topological polar surface area (TPSA) is 90.1 Å². The van der Waals surface area contributed by atoms with Crippen LogP contribution in [0.1, 0.15) is 48.0 Å². The number of hydrogen-bond acceptors (Lipinski definition) is 4. The summed E-state index contributed by atoms with van der Waals surface area (Å²) in [6, 6.07) is 5.73. The molecule has 0 spiro atoms. The van der Waals surface area contributed by atoms with E-state index in [0.29, 0.717) is 24.5 Å². The van der Waals surface area contributed by atoms with Gasteiger partial charge in [-0.25, -0.2) is 0 Å². The molecule has 0 radical (unpaired) electrons. The van der Waals surface area contributed by atoms with Crippen molar-refractivity contribution in [3.8, 4) is 0 Å². The summed E-state index contributed by atoms with van der Waals surface area (Å²) < 4.78 is 0. The van der Waals surface area contributed by atoms with Gasteiger partial charge < -0.3 is 15.5 Å². The van der Waals surface area contributed by atoms with Gasteiger partial charge in [-0.1, -0.05) is 0 Å². The highest BCUT2D eigenvalue weighted by molar-refractivity contribution is 5.95. The Morgan fingerprint density at radius 2 is 2.04 bits per heavy atom. The second-order valence-electron chi connectivity index (χ2n) is 7.06.